The lowest BCUT2D eigenvalue weighted by molar-refractivity contribution is -0.149. The Labute approximate surface area is 161 Å². The average molecular weight is 420 g/mol. The van der Waals surface area contributed by atoms with E-state index in [1.54, 1.807) is 6.07 Å². The van der Waals surface area contributed by atoms with Crippen molar-refractivity contribution in [3.63, 3.8) is 0 Å². The van der Waals surface area contributed by atoms with E-state index in [1.165, 1.54) is 0 Å². The van der Waals surface area contributed by atoms with Crippen molar-refractivity contribution in [3.05, 3.63) is 57.1 Å². The number of amides is 1. The summed E-state index contributed by atoms with van der Waals surface area (Å²) < 4.78 is 11.3. The number of anilines is 1. The van der Waals surface area contributed by atoms with Crippen molar-refractivity contribution in [2.45, 2.75) is 27.7 Å². The van der Waals surface area contributed by atoms with E-state index in [4.69, 9.17) is 9.47 Å². The molecule has 0 aliphatic carbocycles. The van der Waals surface area contributed by atoms with Crippen molar-refractivity contribution in [1.29, 1.82) is 0 Å². The Hall–Kier alpha value is -2.34. The Morgan fingerprint density at radius 1 is 0.962 bits per heavy atom. The summed E-state index contributed by atoms with van der Waals surface area (Å²) in [5.41, 5.74) is 4.74. The van der Waals surface area contributed by atoms with Gasteiger partial charge in [0.25, 0.3) is 5.91 Å². The monoisotopic (exact) mass is 419 g/mol. The Bertz CT molecular complexity index is 810. The van der Waals surface area contributed by atoms with Crippen LogP contribution in [0.3, 0.4) is 0 Å². The molecular formula is C20H22BrNO4. The van der Waals surface area contributed by atoms with Gasteiger partial charge in [-0.3, -0.25) is 4.79 Å². The van der Waals surface area contributed by atoms with E-state index < -0.39 is 11.9 Å². The standard InChI is InChI=1S/C20H22BrNO4/c1-12-5-6-17(16(21)9-12)22-18(23)10-25-19(24)11-26-20-14(3)7-13(2)8-15(20)4/h5-9H,10-11H2,1-4H3,(H,22,23). The molecule has 138 valence electrons. The second-order valence-corrected chi connectivity index (χ2v) is 7.06. The van der Waals surface area contributed by atoms with Gasteiger partial charge in [0.05, 0.1) is 5.69 Å². The van der Waals surface area contributed by atoms with Gasteiger partial charge in [0.15, 0.2) is 13.2 Å². The van der Waals surface area contributed by atoms with Gasteiger partial charge in [-0.15, -0.1) is 0 Å². The zero-order valence-electron chi connectivity index (χ0n) is 15.3. The number of hydrogen-bond acceptors (Lipinski definition) is 4. The minimum atomic E-state index is -0.595. The van der Waals surface area contributed by atoms with Crippen LogP contribution in [0.1, 0.15) is 22.3 Å². The number of nitrogens with one attached hydrogen (secondary N) is 1. The maximum absolute atomic E-state index is 11.9. The van der Waals surface area contributed by atoms with Crippen molar-refractivity contribution in [3.8, 4) is 5.75 Å². The van der Waals surface area contributed by atoms with Crippen molar-refractivity contribution < 1.29 is 19.1 Å². The Morgan fingerprint density at radius 2 is 1.62 bits per heavy atom. The van der Waals surface area contributed by atoms with Gasteiger partial charge < -0.3 is 14.8 Å². The number of aryl methyl sites for hydroxylation is 4. The molecule has 0 atom stereocenters. The molecule has 0 unspecified atom stereocenters. The third kappa shape index (κ3) is 5.59. The van der Waals surface area contributed by atoms with Crippen LogP contribution in [0.15, 0.2) is 34.8 Å². The van der Waals surface area contributed by atoms with Gasteiger partial charge >= 0.3 is 5.97 Å². The molecule has 2 aromatic rings. The summed E-state index contributed by atoms with van der Waals surface area (Å²) in [6.45, 7) is 7.19. The van der Waals surface area contributed by atoms with E-state index >= 15 is 0 Å². The lowest BCUT2D eigenvalue weighted by Crippen LogP contribution is -2.24. The van der Waals surface area contributed by atoms with Gasteiger partial charge in [-0.1, -0.05) is 23.8 Å². The highest BCUT2D eigenvalue weighted by Gasteiger charge is 2.12. The Balaban J connectivity index is 1.82. The molecule has 0 saturated heterocycles. The summed E-state index contributed by atoms with van der Waals surface area (Å²) in [5.74, 6) is -0.339. The van der Waals surface area contributed by atoms with Gasteiger partial charge in [0.2, 0.25) is 0 Å². The first kappa shape index (κ1) is 20.0. The lowest BCUT2D eigenvalue weighted by atomic mass is 10.1. The van der Waals surface area contributed by atoms with Crippen LogP contribution in [-0.2, 0) is 14.3 Å². The molecule has 0 aliphatic rings. The summed E-state index contributed by atoms with van der Waals surface area (Å²) in [7, 11) is 0. The van der Waals surface area contributed by atoms with Crippen molar-refractivity contribution >= 4 is 33.5 Å². The molecule has 1 N–H and O–H groups in total. The van der Waals surface area contributed by atoms with Gasteiger partial charge in [-0.25, -0.2) is 4.79 Å². The van der Waals surface area contributed by atoms with E-state index in [0.29, 0.717) is 11.4 Å². The number of halogens is 1. The highest BCUT2D eigenvalue weighted by Crippen LogP contribution is 2.25. The highest BCUT2D eigenvalue weighted by molar-refractivity contribution is 9.10. The minimum Gasteiger partial charge on any atom is -0.481 e. The number of esters is 1. The van der Waals surface area contributed by atoms with Gasteiger partial charge in [-0.2, -0.15) is 0 Å². The fraction of sp³-hybridized carbons (Fsp3) is 0.300. The van der Waals surface area contributed by atoms with Crippen LogP contribution in [0.4, 0.5) is 5.69 Å². The van der Waals surface area contributed by atoms with E-state index in [0.717, 1.165) is 26.7 Å². The molecule has 6 heteroatoms. The van der Waals surface area contributed by atoms with E-state index in [9.17, 15) is 9.59 Å². The molecule has 0 heterocycles. The van der Waals surface area contributed by atoms with E-state index in [-0.39, 0.29) is 13.2 Å². The summed E-state index contributed by atoms with van der Waals surface area (Å²) in [6, 6.07) is 9.53. The zero-order chi connectivity index (χ0) is 19.3. The smallest absolute Gasteiger partial charge is 0.344 e. The number of hydrogen-bond donors (Lipinski definition) is 1. The summed E-state index contributed by atoms with van der Waals surface area (Å²) in [6.07, 6.45) is 0. The molecule has 0 saturated carbocycles. The molecule has 0 aromatic heterocycles. The summed E-state index contributed by atoms with van der Waals surface area (Å²) >= 11 is 3.38. The molecule has 0 bridgehead atoms. The first-order chi connectivity index (χ1) is 12.3. The van der Waals surface area contributed by atoms with Crippen molar-refractivity contribution in [2.75, 3.05) is 18.5 Å². The second-order valence-electron chi connectivity index (χ2n) is 6.21. The molecule has 2 aromatic carbocycles. The van der Waals surface area contributed by atoms with E-state index in [1.807, 2.05) is 52.0 Å². The Kier molecular flexibility index (Phi) is 6.80. The molecule has 1 amide bonds. The van der Waals surface area contributed by atoms with Crippen LogP contribution in [0.2, 0.25) is 0 Å². The lowest BCUT2D eigenvalue weighted by Gasteiger charge is -2.13. The molecule has 0 radical (unpaired) electrons. The number of carbonyl (C=O) groups excluding carboxylic acids is 2. The average Bonchev–Trinajstić information content (AvgIpc) is 2.54. The van der Waals surface area contributed by atoms with Gasteiger partial charge in [0.1, 0.15) is 5.75 Å². The second kappa shape index (κ2) is 8.85. The zero-order valence-corrected chi connectivity index (χ0v) is 16.9. The largest absolute Gasteiger partial charge is 0.481 e. The topological polar surface area (TPSA) is 64.6 Å². The van der Waals surface area contributed by atoms with Crippen LogP contribution in [0.25, 0.3) is 0 Å². The number of rotatable bonds is 6. The predicted octanol–water partition coefficient (Wildman–Crippen LogP) is 4.24. The molecule has 26 heavy (non-hydrogen) atoms. The van der Waals surface area contributed by atoms with Crippen LogP contribution < -0.4 is 10.1 Å². The predicted molar refractivity (Wildman–Crippen MR) is 105 cm³/mol. The molecule has 2 rings (SSSR count). The fourth-order valence-corrected chi connectivity index (χ4v) is 3.21. The third-order valence-corrected chi connectivity index (χ3v) is 4.36. The van der Waals surface area contributed by atoms with Crippen LogP contribution >= 0.6 is 15.9 Å². The van der Waals surface area contributed by atoms with Crippen LogP contribution in [-0.4, -0.2) is 25.1 Å². The Morgan fingerprint density at radius 3 is 2.23 bits per heavy atom. The van der Waals surface area contributed by atoms with Crippen LogP contribution in [0, 0.1) is 27.7 Å². The molecule has 0 spiro atoms. The highest BCUT2D eigenvalue weighted by atomic mass is 79.9. The van der Waals surface area contributed by atoms with Gasteiger partial charge in [0, 0.05) is 4.47 Å². The number of ether oxygens (including phenoxy) is 2. The first-order valence-corrected chi connectivity index (χ1v) is 8.98. The van der Waals surface area contributed by atoms with E-state index in [2.05, 4.69) is 21.2 Å². The SMILES string of the molecule is Cc1cc(C)c(OCC(=O)OCC(=O)Nc2ccc(C)cc2Br)c(C)c1. The maximum Gasteiger partial charge on any atom is 0.344 e. The first-order valence-electron chi connectivity index (χ1n) is 8.18. The maximum atomic E-state index is 11.9. The number of carbonyl (C=O) groups is 2. The summed E-state index contributed by atoms with van der Waals surface area (Å²) in [4.78, 5) is 23.8. The quantitative estimate of drug-likeness (QED) is 0.710. The van der Waals surface area contributed by atoms with Crippen molar-refractivity contribution in [2.24, 2.45) is 0 Å². The fourth-order valence-electron chi connectivity index (χ4n) is 2.62. The number of benzene rings is 2. The third-order valence-electron chi connectivity index (χ3n) is 3.70. The molecule has 5 nitrogen and oxygen atoms in total. The van der Waals surface area contributed by atoms with Crippen LogP contribution in [0.5, 0.6) is 5.75 Å². The van der Waals surface area contributed by atoms with Gasteiger partial charge in [-0.05, 0) is 72.4 Å². The molecular weight excluding hydrogens is 398 g/mol. The normalized spacial score (nSPS) is 10.3. The summed E-state index contributed by atoms with van der Waals surface area (Å²) in [5, 5.41) is 2.69. The minimum absolute atomic E-state index is 0.244. The van der Waals surface area contributed by atoms with Crippen molar-refractivity contribution in [1.82, 2.24) is 0 Å². The molecule has 0 aliphatic heterocycles. The molecule has 0 fully saturated rings.